The molecule has 0 aliphatic rings. The first-order valence-electron chi connectivity index (χ1n) is 22.4. The fraction of sp³-hybridized carbons (Fsp3) is 0.653. The lowest BCUT2D eigenvalue weighted by atomic mass is 10.0. The summed E-state index contributed by atoms with van der Waals surface area (Å²) in [5.74, 6) is -1.04. The number of aliphatic hydroxyl groups is 1. The quantitative estimate of drug-likeness (QED) is 0.0326. The lowest BCUT2D eigenvalue weighted by Gasteiger charge is -2.21. The minimum Gasteiger partial charge on any atom is -0.387 e. The van der Waals surface area contributed by atoms with Gasteiger partial charge in [-0.15, -0.1) is 0 Å². The summed E-state index contributed by atoms with van der Waals surface area (Å²) in [6.45, 7) is 4.41. The highest BCUT2D eigenvalue weighted by atomic mass is 32.2. The maximum absolute atomic E-state index is 12.5. The average molecular weight is 798 g/mol. The number of allylic oxidation sites excluding steroid dienone is 15. The van der Waals surface area contributed by atoms with Gasteiger partial charge in [-0.2, -0.15) is 8.42 Å². The van der Waals surface area contributed by atoms with Gasteiger partial charge in [-0.3, -0.25) is 9.35 Å². The summed E-state index contributed by atoms with van der Waals surface area (Å²) in [6, 6.07) is -1.09. The number of unbranched alkanes of at least 4 members (excludes halogenated alkanes) is 17. The summed E-state index contributed by atoms with van der Waals surface area (Å²) in [6.07, 6.45) is 62.5. The molecule has 0 spiro atoms. The third kappa shape index (κ3) is 42.4. The van der Waals surface area contributed by atoms with E-state index in [0.717, 1.165) is 77.0 Å². The first-order chi connectivity index (χ1) is 27.3. The van der Waals surface area contributed by atoms with Gasteiger partial charge in [0.05, 0.1) is 17.9 Å². The lowest BCUT2D eigenvalue weighted by Crippen LogP contribution is -2.46. The zero-order chi connectivity index (χ0) is 41.1. The van der Waals surface area contributed by atoms with Gasteiger partial charge in [0.15, 0.2) is 0 Å². The molecule has 0 aromatic heterocycles. The number of hydrogen-bond donors (Lipinski definition) is 3. The Kier molecular flexibility index (Phi) is 39.8. The van der Waals surface area contributed by atoms with E-state index in [4.69, 9.17) is 0 Å². The van der Waals surface area contributed by atoms with Gasteiger partial charge < -0.3 is 10.4 Å². The van der Waals surface area contributed by atoms with E-state index in [2.05, 4.69) is 104 Å². The predicted molar refractivity (Wildman–Crippen MR) is 243 cm³/mol. The second kappa shape index (κ2) is 41.9. The lowest BCUT2D eigenvalue weighted by molar-refractivity contribution is -0.122. The van der Waals surface area contributed by atoms with Gasteiger partial charge in [-0.25, -0.2) is 0 Å². The fourth-order valence-electron chi connectivity index (χ4n) is 6.17. The van der Waals surface area contributed by atoms with Crippen molar-refractivity contribution in [3.63, 3.8) is 0 Å². The Labute approximate surface area is 345 Å². The molecule has 0 bridgehead atoms. The van der Waals surface area contributed by atoms with Gasteiger partial charge in [0, 0.05) is 6.42 Å². The summed E-state index contributed by atoms with van der Waals surface area (Å²) in [5, 5.41) is 13.2. The molecule has 0 aliphatic heterocycles. The van der Waals surface area contributed by atoms with Crippen LogP contribution in [0.4, 0.5) is 0 Å². The van der Waals surface area contributed by atoms with E-state index in [0.29, 0.717) is 12.8 Å². The molecule has 0 saturated heterocycles. The smallest absolute Gasteiger partial charge is 0.267 e. The molecule has 0 saturated carbocycles. The van der Waals surface area contributed by atoms with E-state index in [1.807, 2.05) is 0 Å². The molecule has 0 radical (unpaired) electrons. The standard InChI is InChI=1S/C49H83NO5S/c1-3-5-7-9-11-13-15-17-19-21-23-24-25-26-27-29-31-33-35-37-39-41-43-45-49(52)50-47(46-56(53,54)55)48(51)44-42-40-38-36-34-32-30-28-22-20-18-16-14-12-10-8-6-4-2/h5,7,11,13,17,19,23-24,26-27,31,33-34,36,42,44,47-48,51H,3-4,6,8-10,12,14-16,18,20-22,25,28-30,32,35,37-41,43,45-46H2,1-2H3,(H,50,52)(H,53,54,55)/b7-5-,13-11-,19-17-,24-23-,27-26-,33-31-,36-34+,44-42+. The Bertz CT molecular complexity index is 1240. The Hall–Kier alpha value is -2.74. The number of nitrogens with one attached hydrogen (secondary N) is 1. The normalized spacial score (nSPS) is 14.1. The minimum absolute atomic E-state index is 0.252. The maximum atomic E-state index is 12.5. The Balaban J connectivity index is 4.02. The molecule has 0 aromatic rings. The van der Waals surface area contributed by atoms with Crippen molar-refractivity contribution in [2.45, 2.75) is 199 Å². The fourth-order valence-corrected chi connectivity index (χ4v) is 6.91. The summed E-state index contributed by atoms with van der Waals surface area (Å²) < 4.78 is 32.6. The number of carbonyl (C=O) groups excluding carboxylic acids is 1. The zero-order valence-corrected chi connectivity index (χ0v) is 36.5. The molecule has 0 fully saturated rings. The van der Waals surface area contributed by atoms with Crippen LogP contribution in [0.25, 0.3) is 0 Å². The van der Waals surface area contributed by atoms with E-state index < -0.39 is 28.0 Å². The van der Waals surface area contributed by atoms with Crippen molar-refractivity contribution in [3.05, 3.63) is 97.2 Å². The van der Waals surface area contributed by atoms with E-state index in [1.54, 1.807) is 6.08 Å². The molecule has 0 heterocycles. The monoisotopic (exact) mass is 798 g/mol. The highest BCUT2D eigenvalue weighted by Gasteiger charge is 2.24. The molecule has 7 heteroatoms. The molecule has 2 atom stereocenters. The van der Waals surface area contributed by atoms with Crippen LogP contribution in [-0.2, 0) is 14.9 Å². The van der Waals surface area contributed by atoms with E-state index >= 15 is 0 Å². The van der Waals surface area contributed by atoms with Gasteiger partial charge in [-0.1, -0.05) is 195 Å². The van der Waals surface area contributed by atoms with E-state index in [-0.39, 0.29) is 12.3 Å². The van der Waals surface area contributed by atoms with Gasteiger partial charge in [-0.05, 0) is 83.5 Å². The van der Waals surface area contributed by atoms with Crippen molar-refractivity contribution in [3.8, 4) is 0 Å². The topological polar surface area (TPSA) is 104 Å². The van der Waals surface area contributed by atoms with E-state index in [9.17, 15) is 22.9 Å². The van der Waals surface area contributed by atoms with Gasteiger partial charge in [0.1, 0.15) is 0 Å². The maximum Gasteiger partial charge on any atom is 0.267 e. The van der Waals surface area contributed by atoms with Gasteiger partial charge in [0.25, 0.3) is 10.1 Å². The molecular weight excluding hydrogens is 715 g/mol. The van der Waals surface area contributed by atoms with Gasteiger partial charge in [0.2, 0.25) is 5.91 Å². The predicted octanol–water partition coefficient (Wildman–Crippen LogP) is 13.7. The Morgan fingerprint density at radius 1 is 0.500 bits per heavy atom. The number of amides is 1. The Morgan fingerprint density at radius 3 is 1.34 bits per heavy atom. The van der Waals surface area contributed by atoms with Crippen LogP contribution in [0.1, 0.15) is 187 Å². The van der Waals surface area contributed by atoms with Crippen molar-refractivity contribution in [1.82, 2.24) is 5.32 Å². The second-order valence-corrected chi connectivity index (χ2v) is 16.4. The van der Waals surface area contributed by atoms with Crippen LogP contribution in [0, 0.1) is 0 Å². The largest absolute Gasteiger partial charge is 0.387 e. The molecule has 1 amide bonds. The van der Waals surface area contributed by atoms with Crippen molar-refractivity contribution in [1.29, 1.82) is 0 Å². The summed E-state index contributed by atoms with van der Waals surface area (Å²) >= 11 is 0. The highest BCUT2D eigenvalue weighted by molar-refractivity contribution is 7.85. The van der Waals surface area contributed by atoms with Crippen LogP contribution in [0.15, 0.2) is 97.2 Å². The summed E-state index contributed by atoms with van der Waals surface area (Å²) in [4.78, 5) is 12.5. The van der Waals surface area contributed by atoms with Crippen LogP contribution < -0.4 is 5.32 Å². The molecule has 0 aromatic carbocycles. The molecule has 0 aliphatic carbocycles. The highest BCUT2D eigenvalue weighted by Crippen LogP contribution is 2.13. The summed E-state index contributed by atoms with van der Waals surface area (Å²) in [5.41, 5.74) is 0. The number of rotatable bonds is 39. The first-order valence-corrected chi connectivity index (χ1v) is 24.0. The van der Waals surface area contributed by atoms with Crippen molar-refractivity contribution >= 4 is 16.0 Å². The van der Waals surface area contributed by atoms with Crippen LogP contribution in [0.2, 0.25) is 0 Å². The SMILES string of the molecule is CC/C=C\C/C=C\C/C=C\C/C=C\C/C=C\C/C=C\CCCCCCC(=O)NC(CS(=O)(=O)O)C(O)/C=C/CC/C=C/CCCCCCCCCCCCCC. The number of hydrogen-bond acceptors (Lipinski definition) is 4. The third-order valence-corrected chi connectivity index (χ3v) is 10.3. The van der Waals surface area contributed by atoms with Crippen molar-refractivity contribution < 1.29 is 22.9 Å². The van der Waals surface area contributed by atoms with Crippen molar-refractivity contribution in [2.75, 3.05) is 5.75 Å². The number of carbonyl (C=O) groups is 1. The average Bonchev–Trinajstić information content (AvgIpc) is 3.16. The van der Waals surface area contributed by atoms with Crippen LogP contribution in [0.5, 0.6) is 0 Å². The molecule has 3 N–H and O–H groups in total. The van der Waals surface area contributed by atoms with Crippen molar-refractivity contribution in [2.24, 2.45) is 0 Å². The Morgan fingerprint density at radius 2 is 0.875 bits per heavy atom. The van der Waals surface area contributed by atoms with Crippen LogP contribution >= 0.6 is 0 Å². The third-order valence-electron chi connectivity index (χ3n) is 9.49. The van der Waals surface area contributed by atoms with E-state index in [1.165, 1.54) is 83.1 Å². The molecular formula is C49H83NO5S. The number of aliphatic hydroxyl groups excluding tert-OH is 1. The molecule has 2 unspecified atom stereocenters. The van der Waals surface area contributed by atoms with Crippen LogP contribution in [-0.4, -0.2) is 41.9 Å². The molecule has 320 valence electrons. The molecule has 0 rings (SSSR count). The molecule has 6 nitrogen and oxygen atoms in total. The zero-order valence-electron chi connectivity index (χ0n) is 35.7. The van der Waals surface area contributed by atoms with Gasteiger partial charge >= 0.3 is 0 Å². The minimum atomic E-state index is -4.37. The molecule has 56 heavy (non-hydrogen) atoms. The second-order valence-electron chi connectivity index (χ2n) is 14.9. The first kappa shape index (κ1) is 53.3. The van der Waals surface area contributed by atoms with Crippen LogP contribution in [0.3, 0.4) is 0 Å². The summed E-state index contributed by atoms with van der Waals surface area (Å²) in [7, 11) is -4.37.